The Bertz CT molecular complexity index is 391. The van der Waals surface area contributed by atoms with Crippen LogP contribution >= 0.6 is 12.2 Å². The lowest BCUT2D eigenvalue weighted by Crippen LogP contribution is -2.21. The van der Waals surface area contributed by atoms with Crippen LogP contribution in [-0.2, 0) is 6.54 Å². The average molecular weight is 250 g/mol. The number of nitrogens with two attached hydrogens (primary N) is 1. The Morgan fingerprint density at radius 1 is 1.41 bits per heavy atom. The third-order valence-electron chi connectivity index (χ3n) is 3.27. The first-order chi connectivity index (χ1) is 8.19. The van der Waals surface area contributed by atoms with Gasteiger partial charge in [-0.05, 0) is 24.4 Å². The third kappa shape index (κ3) is 3.25. The highest BCUT2D eigenvalue weighted by atomic mass is 32.1. The van der Waals surface area contributed by atoms with Gasteiger partial charge in [-0.2, -0.15) is 0 Å². The zero-order valence-electron chi connectivity index (χ0n) is 9.80. The maximum Gasteiger partial charge on any atom is 0.103 e. The molecule has 0 bridgehead atoms. The molecular weight excluding hydrogens is 232 g/mol. The van der Waals surface area contributed by atoms with Gasteiger partial charge < -0.3 is 10.8 Å². The minimum Gasteiger partial charge on any atom is -0.396 e. The molecule has 2 rings (SSSR count). The van der Waals surface area contributed by atoms with Crippen molar-refractivity contribution in [3.8, 4) is 0 Å². The molecule has 3 N–H and O–H groups in total. The Morgan fingerprint density at radius 2 is 2.12 bits per heavy atom. The van der Waals surface area contributed by atoms with Crippen LogP contribution in [0.4, 0.5) is 0 Å². The standard InChI is InChI=1S/C13H18N2OS/c14-13(17)12-3-1-10(2-4-12)7-15-6-5-11(8-15)9-16/h1-4,11,16H,5-9H2,(H2,14,17). The summed E-state index contributed by atoms with van der Waals surface area (Å²) in [5.74, 6) is 0.450. The Balaban J connectivity index is 1.93. The number of thiocarbonyl (C=S) groups is 1. The van der Waals surface area contributed by atoms with Crippen molar-refractivity contribution in [3.05, 3.63) is 35.4 Å². The fourth-order valence-electron chi connectivity index (χ4n) is 2.24. The van der Waals surface area contributed by atoms with Gasteiger partial charge in [0.2, 0.25) is 0 Å². The van der Waals surface area contributed by atoms with Crippen molar-refractivity contribution in [1.29, 1.82) is 0 Å². The number of benzene rings is 1. The van der Waals surface area contributed by atoms with Gasteiger partial charge in [0.25, 0.3) is 0 Å². The second-order valence-electron chi connectivity index (χ2n) is 4.63. The Morgan fingerprint density at radius 3 is 2.65 bits per heavy atom. The van der Waals surface area contributed by atoms with E-state index in [1.54, 1.807) is 0 Å². The summed E-state index contributed by atoms with van der Waals surface area (Å²) in [5, 5.41) is 9.09. The summed E-state index contributed by atoms with van der Waals surface area (Å²) in [7, 11) is 0. The molecule has 92 valence electrons. The predicted molar refractivity (Wildman–Crippen MR) is 72.8 cm³/mol. The van der Waals surface area contributed by atoms with Crippen LogP contribution in [-0.4, -0.2) is 34.7 Å². The van der Waals surface area contributed by atoms with E-state index in [0.717, 1.165) is 31.6 Å². The van der Waals surface area contributed by atoms with Crippen LogP contribution in [0.3, 0.4) is 0 Å². The molecule has 1 aliphatic heterocycles. The Kier molecular flexibility index (Phi) is 4.10. The summed E-state index contributed by atoms with van der Waals surface area (Å²) in [6.07, 6.45) is 1.10. The normalized spacial score (nSPS) is 20.6. The van der Waals surface area contributed by atoms with E-state index < -0.39 is 0 Å². The molecule has 1 aromatic rings. The average Bonchev–Trinajstić information content (AvgIpc) is 2.77. The van der Waals surface area contributed by atoms with Crippen LogP contribution in [0, 0.1) is 5.92 Å². The summed E-state index contributed by atoms with van der Waals surface area (Å²) >= 11 is 4.92. The fraction of sp³-hybridized carbons (Fsp3) is 0.462. The van der Waals surface area contributed by atoms with Gasteiger partial charge >= 0.3 is 0 Å². The topological polar surface area (TPSA) is 49.5 Å². The molecule has 0 aliphatic carbocycles. The monoisotopic (exact) mass is 250 g/mol. The first kappa shape index (κ1) is 12.5. The van der Waals surface area contributed by atoms with Gasteiger partial charge in [-0.1, -0.05) is 36.5 Å². The molecule has 4 heteroatoms. The van der Waals surface area contributed by atoms with Crippen molar-refractivity contribution in [2.75, 3.05) is 19.7 Å². The first-order valence-corrected chi connectivity index (χ1v) is 6.32. The number of likely N-dealkylation sites (tertiary alicyclic amines) is 1. The van der Waals surface area contributed by atoms with Crippen LogP contribution in [0.15, 0.2) is 24.3 Å². The summed E-state index contributed by atoms with van der Waals surface area (Å²) in [4.78, 5) is 2.81. The number of hydrogen-bond donors (Lipinski definition) is 2. The largest absolute Gasteiger partial charge is 0.396 e. The van der Waals surface area contributed by atoms with Crippen LogP contribution < -0.4 is 5.73 Å². The molecule has 0 aromatic heterocycles. The van der Waals surface area contributed by atoms with Crippen LogP contribution in [0.2, 0.25) is 0 Å². The number of hydrogen-bond acceptors (Lipinski definition) is 3. The van der Waals surface area contributed by atoms with Crippen LogP contribution in [0.1, 0.15) is 17.5 Å². The molecule has 0 radical (unpaired) electrons. The highest BCUT2D eigenvalue weighted by molar-refractivity contribution is 7.80. The molecule has 1 heterocycles. The summed E-state index contributed by atoms with van der Waals surface area (Å²) in [5.41, 5.74) is 7.74. The van der Waals surface area contributed by atoms with E-state index in [1.807, 2.05) is 12.1 Å². The van der Waals surface area contributed by atoms with Gasteiger partial charge in [-0.15, -0.1) is 0 Å². The van der Waals surface area contributed by atoms with Crippen molar-refractivity contribution in [2.45, 2.75) is 13.0 Å². The number of nitrogens with zero attached hydrogens (tertiary/aromatic N) is 1. The molecular formula is C13H18N2OS. The highest BCUT2D eigenvalue weighted by Gasteiger charge is 2.21. The van der Waals surface area contributed by atoms with Gasteiger partial charge in [-0.25, -0.2) is 0 Å². The van der Waals surface area contributed by atoms with E-state index in [9.17, 15) is 0 Å². The molecule has 1 aliphatic rings. The smallest absolute Gasteiger partial charge is 0.103 e. The lowest BCUT2D eigenvalue weighted by atomic mass is 10.1. The molecule has 3 nitrogen and oxygen atoms in total. The molecule has 0 amide bonds. The van der Waals surface area contributed by atoms with Crippen molar-refractivity contribution >= 4 is 17.2 Å². The molecule has 1 atom stereocenters. The molecule has 1 saturated heterocycles. The first-order valence-electron chi connectivity index (χ1n) is 5.91. The van der Waals surface area contributed by atoms with Gasteiger partial charge in [0.15, 0.2) is 0 Å². The van der Waals surface area contributed by atoms with Crippen molar-refractivity contribution in [3.63, 3.8) is 0 Å². The zero-order chi connectivity index (χ0) is 12.3. The van der Waals surface area contributed by atoms with Gasteiger partial charge in [0.05, 0.1) is 0 Å². The maximum absolute atomic E-state index is 9.09. The Hall–Kier alpha value is -0.970. The van der Waals surface area contributed by atoms with Gasteiger partial charge in [0, 0.05) is 25.3 Å². The van der Waals surface area contributed by atoms with Crippen LogP contribution in [0.25, 0.3) is 0 Å². The van der Waals surface area contributed by atoms with E-state index in [2.05, 4.69) is 17.0 Å². The summed E-state index contributed by atoms with van der Waals surface area (Å²) in [6.45, 7) is 3.31. The quantitative estimate of drug-likeness (QED) is 0.787. The number of rotatable bonds is 4. The lowest BCUT2D eigenvalue weighted by molar-refractivity contribution is 0.220. The van der Waals surface area contributed by atoms with Gasteiger partial charge in [-0.3, -0.25) is 4.90 Å². The van der Waals surface area contributed by atoms with E-state index in [-0.39, 0.29) is 0 Å². The van der Waals surface area contributed by atoms with Crippen molar-refractivity contribution < 1.29 is 5.11 Å². The van der Waals surface area contributed by atoms with Crippen LogP contribution in [0.5, 0.6) is 0 Å². The summed E-state index contributed by atoms with van der Waals surface area (Å²) < 4.78 is 0. The van der Waals surface area contributed by atoms with Crippen molar-refractivity contribution in [2.24, 2.45) is 11.7 Å². The van der Waals surface area contributed by atoms with E-state index >= 15 is 0 Å². The third-order valence-corrected chi connectivity index (χ3v) is 3.51. The van der Waals surface area contributed by atoms with Crippen molar-refractivity contribution in [1.82, 2.24) is 4.90 Å². The van der Waals surface area contributed by atoms with Gasteiger partial charge in [0.1, 0.15) is 4.99 Å². The highest BCUT2D eigenvalue weighted by Crippen LogP contribution is 2.18. The second-order valence-corrected chi connectivity index (χ2v) is 5.07. The number of aliphatic hydroxyl groups is 1. The van der Waals surface area contributed by atoms with E-state index in [0.29, 0.717) is 17.5 Å². The molecule has 1 fully saturated rings. The molecule has 0 spiro atoms. The number of aliphatic hydroxyl groups excluding tert-OH is 1. The SMILES string of the molecule is NC(=S)c1ccc(CN2CCC(CO)C2)cc1. The molecule has 17 heavy (non-hydrogen) atoms. The Labute approximate surface area is 107 Å². The molecule has 1 unspecified atom stereocenters. The minimum atomic E-state index is 0.302. The molecule has 1 aromatic carbocycles. The second kappa shape index (κ2) is 5.58. The fourth-order valence-corrected chi connectivity index (χ4v) is 2.37. The zero-order valence-corrected chi connectivity index (χ0v) is 10.6. The lowest BCUT2D eigenvalue weighted by Gasteiger charge is -2.15. The predicted octanol–water partition coefficient (Wildman–Crippen LogP) is 1.14. The van der Waals surface area contributed by atoms with E-state index in [4.69, 9.17) is 23.1 Å². The summed E-state index contributed by atoms with van der Waals surface area (Å²) in [6, 6.07) is 8.08. The van der Waals surface area contributed by atoms with E-state index in [1.165, 1.54) is 5.56 Å². The maximum atomic E-state index is 9.09. The minimum absolute atomic E-state index is 0.302. The molecule has 0 saturated carbocycles.